The second-order valence-corrected chi connectivity index (χ2v) is 9.43. The van der Waals surface area contributed by atoms with Gasteiger partial charge in [-0.3, -0.25) is 9.36 Å². The molecular weight excluding hydrogens is 406 g/mol. The van der Waals surface area contributed by atoms with Gasteiger partial charge >= 0.3 is 5.76 Å². The van der Waals surface area contributed by atoms with E-state index >= 15 is 0 Å². The number of oxazole rings is 1. The molecule has 4 rings (SSSR count). The highest BCUT2D eigenvalue weighted by atomic mass is 32.2. The topological polar surface area (TPSA) is 102 Å². The van der Waals surface area contributed by atoms with E-state index in [1.807, 2.05) is 26.0 Å². The molecule has 8 nitrogen and oxygen atoms in total. The normalized spacial score (nSPS) is 15.0. The number of aromatic nitrogens is 1. The monoisotopic (exact) mass is 429 g/mol. The van der Waals surface area contributed by atoms with E-state index in [4.69, 9.17) is 4.42 Å². The van der Waals surface area contributed by atoms with Gasteiger partial charge in [-0.25, -0.2) is 13.2 Å². The molecule has 1 aliphatic rings. The highest BCUT2D eigenvalue weighted by molar-refractivity contribution is 7.89. The molecule has 158 valence electrons. The number of hydrogen-bond donors (Lipinski definition) is 1. The largest absolute Gasteiger partial charge is 0.420 e. The first-order valence-corrected chi connectivity index (χ1v) is 11.2. The number of aryl methyl sites for hydroxylation is 1. The van der Waals surface area contributed by atoms with Gasteiger partial charge in [0.05, 0.1) is 10.4 Å². The summed E-state index contributed by atoms with van der Waals surface area (Å²) < 4.78 is 33.4. The molecule has 0 saturated carbocycles. The summed E-state index contributed by atoms with van der Waals surface area (Å²) in [5.74, 6) is -1.08. The van der Waals surface area contributed by atoms with Crippen LogP contribution in [0.3, 0.4) is 0 Å². The first-order chi connectivity index (χ1) is 14.3. The lowest BCUT2D eigenvalue weighted by atomic mass is 10.1. The van der Waals surface area contributed by atoms with Crippen molar-refractivity contribution in [2.45, 2.75) is 38.1 Å². The van der Waals surface area contributed by atoms with Crippen LogP contribution in [0.15, 0.2) is 50.5 Å². The minimum atomic E-state index is -3.62. The van der Waals surface area contributed by atoms with Crippen LogP contribution in [0.25, 0.3) is 11.1 Å². The van der Waals surface area contributed by atoms with E-state index in [1.165, 1.54) is 27.1 Å². The fraction of sp³-hybridized carbons (Fsp3) is 0.333. The zero-order chi connectivity index (χ0) is 21.5. The maximum absolute atomic E-state index is 12.7. The Balaban J connectivity index is 1.61. The second-order valence-electron chi connectivity index (χ2n) is 7.49. The summed E-state index contributed by atoms with van der Waals surface area (Å²) in [5.41, 5.74) is 3.19. The van der Waals surface area contributed by atoms with E-state index in [1.54, 1.807) is 6.07 Å². The zero-order valence-corrected chi connectivity index (χ0v) is 17.7. The molecule has 30 heavy (non-hydrogen) atoms. The summed E-state index contributed by atoms with van der Waals surface area (Å²) in [6.07, 6.45) is 1.67. The number of anilines is 1. The van der Waals surface area contributed by atoms with Crippen molar-refractivity contribution in [3.8, 4) is 0 Å². The molecule has 0 aliphatic carbocycles. The highest BCUT2D eigenvalue weighted by Crippen LogP contribution is 2.24. The maximum atomic E-state index is 12.7. The van der Waals surface area contributed by atoms with E-state index in [9.17, 15) is 18.0 Å². The molecule has 1 N–H and O–H groups in total. The molecule has 1 fully saturated rings. The molecule has 0 spiro atoms. The highest BCUT2D eigenvalue weighted by Gasteiger charge is 2.28. The van der Waals surface area contributed by atoms with E-state index in [0.717, 1.165) is 24.0 Å². The predicted molar refractivity (Wildman–Crippen MR) is 113 cm³/mol. The van der Waals surface area contributed by atoms with Crippen molar-refractivity contribution in [3.05, 3.63) is 58.1 Å². The van der Waals surface area contributed by atoms with Crippen molar-refractivity contribution in [2.75, 3.05) is 18.4 Å². The smallest absolute Gasteiger partial charge is 0.408 e. The SMILES string of the molecule is Cc1cccc(NC(=O)Cn2c(=O)oc3cc(S(=O)(=O)N4CCCC4)ccc32)c1C. The fourth-order valence-electron chi connectivity index (χ4n) is 3.65. The molecule has 1 saturated heterocycles. The third kappa shape index (κ3) is 3.66. The van der Waals surface area contributed by atoms with Crippen molar-refractivity contribution >= 4 is 32.7 Å². The van der Waals surface area contributed by atoms with Crippen molar-refractivity contribution in [2.24, 2.45) is 0 Å². The third-order valence-electron chi connectivity index (χ3n) is 5.52. The molecule has 0 radical (unpaired) electrons. The zero-order valence-electron chi connectivity index (χ0n) is 16.8. The number of benzene rings is 2. The maximum Gasteiger partial charge on any atom is 0.420 e. The first-order valence-electron chi connectivity index (χ1n) is 9.77. The Morgan fingerprint density at radius 2 is 1.87 bits per heavy atom. The van der Waals surface area contributed by atoms with Crippen molar-refractivity contribution in [1.29, 1.82) is 0 Å². The molecule has 2 heterocycles. The van der Waals surface area contributed by atoms with Gasteiger partial charge in [0.15, 0.2) is 5.58 Å². The van der Waals surface area contributed by atoms with Crippen LogP contribution >= 0.6 is 0 Å². The van der Waals surface area contributed by atoms with Gasteiger partial charge < -0.3 is 9.73 Å². The Morgan fingerprint density at radius 3 is 2.60 bits per heavy atom. The van der Waals surface area contributed by atoms with Gasteiger partial charge in [-0.1, -0.05) is 12.1 Å². The summed E-state index contributed by atoms with van der Waals surface area (Å²) in [5, 5.41) is 2.81. The van der Waals surface area contributed by atoms with Gasteiger partial charge in [-0.05, 0) is 56.0 Å². The van der Waals surface area contributed by atoms with Crippen LogP contribution in [0.2, 0.25) is 0 Å². The number of fused-ring (bicyclic) bond motifs is 1. The minimum Gasteiger partial charge on any atom is -0.408 e. The summed E-state index contributed by atoms with van der Waals surface area (Å²) >= 11 is 0. The van der Waals surface area contributed by atoms with Gasteiger partial charge in [0.1, 0.15) is 6.54 Å². The number of amides is 1. The number of hydrogen-bond acceptors (Lipinski definition) is 5. The first kappa shape index (κ1) is 20.4. The van der Waals surface area contributed by atoms with E-state index in [-0.39, 0.29) is 22.9 Å². The minimum absolute atomic E-state index is 0.0811. The van der Waals surface area contributed by atoms with Gasteiger partial charge in [-0.2, -0.15) is 4.31 Å². The molecule has 1 aromatic heterocycles. The summed E-state index contributed by atoms with van der Waals surface area (Å²) in [7, 11) is -3.62. The molecule has 0 atom stereocenters. The van der Waals surface area contributed by atoms with Crippen LogP contribution < -0.4 is 11.1 Å². The van der Waals surface area contributed by atoms with Crippen LogP contribution in [-0.4, -0.2) is 36.3 Å². The van der Waals surface area contributed by atoms with Gasteiger partial charge in [0.2, 0.25) is 15.9 Å². The molecule has 3 aromatic rings. The van der Waals surface area contributed by atoms with Crippen LogP contribution in [0, 0.1) is 13.8 Å². The third-order valence-corrected chi connectivity index (χ3v) is 7.42. The number of rotatable bonds is 5. The molecular formula is C21H23N3O5S. The molecule has 1 amide bonds. The lowest BCUT2D eigenvalue weighted by molar-refractivity contribution is -0.116. The molecule has 0 bridgehead atoms. The van der Waals surface area contributed by atoms with Gasteiger partial charge in [0.25, 0.3) is 0 Å². The van der Waals surface area contributed by atoms with E-state index in [2.05, 4.69) is 5.32 Å². The summed E-state index contributed by atoms with van der Waals surface area (Å²) in [4.78, 5) is 24.9. The van der Waals surface area contributed by atoms with Crippen LogP contribution in [0.4, 0.5) is 5.69 Å². The Kier molecular flexibility index (Phi) is 5.25. The Bertz CT molecular complexity index is 1280. The van der Waals surface area contributed by atoms with Crippen molar-refractivity contribution in [1.82, 2.24) is 8.87 Å². The molecule has 1 aliphatic heterocycles. The Hall–Kier alpha value is -2.91. The van der Waals surface area contributed by atoms with E-state index in [0.29, 0.717) is 24.3 Å². The number of sulfonamides is 1. The van der Waals surface area contributed by atoms with Crippen LogP contribution in [0.1, 0.15) is 24.0 Å². The van der Waals surface area contributed by atoms with E-state index < -0.39 is 15.8 Å². The quantitative estimate of drug-likeness (QED) is 0.672. The fourth-order valence-corrected chi connectivity index (χ4v) is 5.19. The van der Waals surface area contributed by atoms with Crippen molar-refractivity contribution in [3.63, 3.8) is 0 Å². The van der Waals surface area contributed by atoms with Crippen LogP contribution in [0.5, 0.6) is 0 Å². The Morgan fingerprint density at radius 1 is 1.13 bits per heavy atom. The van der Waals surface area contributed by atoms with Crippen molar-refractivity contribution < 1.29 is 17.6 Å². The number of nitrogens with zero attached hydrogens (tertiary/aromatic N) is 2. The Labute approximate surface area is 174 Å². The molecule has 2 aromatic carbocycles. The average Bonchev–Trinajstić information content (AvgIpc) is 3.34. The van der Waals surface area contributed by atoms with Crippen LogP contribution in [-0.2, 0) is 21.4 Å². The number of carbonyl (C=O) groups excluding carboxylic acids is 1. The lowest BCUT2D eigenvalue weighted by Gasteiger charge is -2.15. The summed E-state index contributed by atoms with van der Waals surface area (Å²) in [6, 6.07) is 9.90. The number of carbonyl (C=O) groups is 1. The lowest BCUT2D eigenvalue weighted by Crippen LogP contribution is -2.27. The summed E-state index contributed by atoms with van der Waals surface area (Å²) in [6.45, 7) is 4.60. The molecule has 0 unspecified atom stereocenters. The van der Waals surface area contributed by atoms with Gasteiger partial charge in [0, 0.05) is 24.8 Å². The van der Waals surface area contributed by atoms with Gasteiger partial charge in [-0.15, -0.1) is 0 Å². The average molecular weight is 429 g/mol. The second kappa shape index (κ2) is 7.73. The standard InChI is InChI=1S/C21H23N3O5S/c1-14-6-5-7-17(15(14)2)22-20(25)13-24-18-9-8-16(12-19(18)29-21(24)26)30(27,28)23-10-3-4-11-23/h5-9,12H,3-4,10-11,13H2,1-2H3,(H,22,25). The predicted octanol–water partition coefficient (Wildman–Crippen LogP) is 2.63. The number of nitrogens with one attached hydrogen (secondary N) is 1. The molecule has 9 heteroatoms.